The summed E-state index contributed by atoms with van der Waals surface area (Å²) < 4.78 is 5.04. The van der Waals surface area contributed by atoms with Crippen LogP contribution < -0.4 is 5.32 Å². The van der Waals surface area contributed by atoms with Crippen molar-refractivity contribution < 1.29 is 19.4 Å². The van der Waals surface area contributed by atoms with Gasteiger partial charge in [-0.25, -0.2) is 4.79 Å². The molecule has 1 rings (SSSR count). The van der Waals surface area contributed by atoms with Crippen molar-refractivity contribution in [3.63, 3.8) is 0 Å². The topological polar surface area (TPSA) is 88.0 Å². The van der Waals surface area contributed by atoms with Gasteiger partial charge >= 0.3 is 5.97 Å². The molecule has 0 unspecified atom stereocenters. The molecule has 0 aliphatic heterocycles. The number of halogens is 2. The van der Waals surface area contributed by atoms with E-state index >= 15 is 0 Å². The fourth-order valence-corrected chi connectivity index (χ4v) is 2.25. The molecule has 0 saturated heterocycles. The van der Waals surface area contributed by atoms with Crippen molar-refractivity contribution in [1.29, 1.82) is 0 Å². The number of allylic oxidation sites excluding steroid dienone is 1. The van der Waals surface area contributed by atoms with Crippen LogP contribution in [0.25, 0.3) is 0 Å². The molecule has 0 bridgehead atoms. The van der Waals surface area contributed by atoms with Gasteiger partial charge in [-0.1, -0.05) is 23.2 Å². The number of carbonyl (C=O) groups excluding carboxylic acids is 2. The van der Waals surface area contributed by atoms with Gasteiger partial charge in [-0.05, 0) is 39.8 Å². The van der Waals surface area contributed by atoms with E-state index in [0.717, 1.165) is 6.21 Å². The Morgan fingerprint density at radius 1 is 1.36 bits per heavy atom. The van der Waals surface area contributed by atoms with Gasteiger partial charge in [-0.3, -0.25) is 9.79 Å². The highest BCUT2D eigenvalue weighted by atomic mass is 35.5. The number of amides is 1. The highest BCUT2D eigenvalue weighted by Crippen LogP contribution is 2.32. The molecule has 0 aliphatic carbocycles. The number of rotatable bonds is 6. The van der Waals surface area contributed by atoms with Crippen LogP contribution in [0.5, 0.6) is 0 Å². The Kier molecular flexibility index (Phi) is 7.93. The maximum atomic E-state index is 12.0. The van der Waals surface area contributed by atoms with E-state index in [4.69, 9.17) is 27.9 Å². The summed E-state index contributed by atoms with van der Waals surface area (Å²) in [6.07, 6.45) is 0.772. The Balaban J connectivity index is 3.24. The van der Waals surface area contributed by atoms with E-state index in [2.05, 4.69) is 10.3 Å². The van der Waals surface area contributed by atoms with Crippen LogP contribution in [0.4, 0.5) is 5.69 Å². The van der Waals surface area contributed by atoms with E-state index in [1.165, 1.54) is 19.1 Å². The van der Waals surface area contributed by atoms with E-state index in [-0.39, 0.29) is 44.6 Å². The number of hydrogen-bond donors (Lipinski definition) is 2. The van der Waals surface area contributed by atoms with E-state index in [1.54, 1.807) is 20.8 Å². The van der Waals surface area contributed by atoms with Crippen molar-refractivity contribution in [1.82, 2.24) is 5.32 Å². The minimum atomic E-state index is -0.721. The van der Waals surface area contributed by atoms with Crippen molar-refractivity contribution >= 4 is 47.0 Å². The number of hydrogen-bond acceptors (Lipinski definition) is 5. The largest absolute Gasteiger partial charge is 0.512 e. The van der Waals surface area contributed by atoms with Crippen molar-refractivity contribution in [3.05, 3.63) is 39.1 Å². The van der Waals surface area contributed by atoms with Crippen LogP contribution in [0.2, 0.25) is 10.0 Å². The van der Waals surface area contributed by atoms with E-state index in [1.807, 2.05) is 0 Å². The summed E-state index contributed by atoms with van der Waals surface area (Å²) in [5.41, 5.74) is 0.231. The van der Waals surface area contributed by atoms with Crippen LogP contribution in [-0.2, 0) is 9.53 Å². The second kappa shape index (κ2) is 9.44. The van der Waals surface area contributed by atoms with Gasteiger partial charge in [0.25, 0.3) is 5.91 Å². The number of aliphatic hydroxyl groups is 1. The minimum absolute atomic E-state index is 0.0822. The number of nitrogens with one attached hydrogen (secondary N) is 1. The number of carbonyl (C=O) groups is 2. The SMILES string of the molecule is CCNC(=O)c1cc(Cl)cc(N=CC(C(=O)OC(C)C)=C(C)O)c1Cl. The van der Waals surface area contributed by atoms with E-state index in [9.17, 15) is 14.7 Å². The minimum Gasteiger partial charge on any atom is -0.512 e. The van der Waals surface area contributed by atoms with Crippen molar-refractivity contribution in [2.75, 3.05) is 6.54 Å². The summed E-state index contributed by atoms with van der Waals surface area (Å²) in [4.78, 5) is 28.1. The summed E-state index contributed by atoms with van der Waals surface area (Å²) in [5.74, 6) is -1.36. The van der Waals surface area contributed by atoms with Crippen LogP contribution >= 0.6 is 23.2 Å². The number of aliphatic hydroxyl groups excluding tert-OH is 1. The van der Waals surface area contributed by atoms with Crippen molar-refractivity contribution in [2.45, 2.75) is 33.8 Å². The Bertz CT molecular complexity index is 724. The summed E-state index contributed by atoms with van der Waals surface area (Å²) in [6.45, 7) is 6.91. The first-order valence-electron chi connectivity index (χ1n) is 7.59. The molecule has 1 aromatic rings. The molecule has 0 fully saturated rings. The molecular formula is C17H20Cl2N2O4. The monoisotopic (exact) mass is 386 g/mol. The lowest BCUT2D eigenvalue weighted by Gasteiger charge is -2.10. The first kappa shape index (κ1) is 21.0. The lowest BCUT2D eigenvalue weighted by atomic mass is 10.1. The normalized spacial score (nSPS) is 12.3. The van der Waals surface area contributed by atoms with Crippen molar-refractivity contribution in [3.8, 4) is 0 Å². The molecule has 0 saturated carbocycles. The third kappa shape index (κ3) is 6.07. The second-order valence-electron chi connectivity index (χ2n) is 5.36. The predicted molar refractivity (Wildman–Crippen MR) is 99.2 cm³/mol. The highest BCUT2D eigenvalue weighted by molar-refractivity contribution is 6.38. The molecule has 25 heavy (non-hydrogen) atoms. The molecular weight excluding hydrogens is 367 g/mol. The summed E-state index contributed by atoms with van der Waals surface area (Å²) in [7, 11) is 0. The number of nitrogens with zero attached hydrogens (tertiary/aromatic N) is 1. The fourth-order valence-electron chi connectivity index (χ4n) is 1.80. The van der Waals surface area contributed by atoms with Crippen LogP contribution in [-0.4, -0.2) is 35.8 Å². The van der Waals surface area contributed by atoms with Crippen molar-refractivity contribution in [2.24, 2.45) is 4.99 Å². The van der Waals surface area contributed by atoms with E-state index in [0.29, 0.717) is 6.54 Å². The quantitative estimate of drug-likeness (QED) is 0.331. The van der Waals surface area contributed by atoms with Gasteiger partial charge in [0.1, 0.15) is 11.3 Å². The van der Waals surface area contributed by atoms with Crippen LogP contribution in [0.1, 0.15) is 38.1 Å². The number of ether oxygens (including phenoxy) is 1. The molecule has 136 valence electrons. The molecule has 0 aromatic heterocycles. The Hall–Kier alpha value is -2.05. The molecule has 8 heteroatoms. The van der Waals surface area contributed by atoms with Crippen LogP contribution in [0.3, 0.4) is 0 Å². The van der Waals surface area contributed by atoms with Gasteiger partial charge in [0, 0.05) is 17.8 Å². The van der Waals surface area contributed by atoms with Gasteiger partial charge in [-0.2, -0.15) is 0 Å². The third-order valence-electron chi connectivity index (χ3n) is 2.89. The maximum absolute atomic E-state index is 12.0. The summed E-state index contributed by atoms with van der Waals surface area (Å²) in [6, 6.07) is 2.87. The first-order valence-corrected chi connectivity index (χ1v) is 8.35. The lowest BCUT2D eigenvalue weighted by molar-refractivity contribution is -0.142. The number of esters is 1. The van der Waals surface area contributed by atoms with E-state index < -0.39 is 5.97 Å². The maximum Gasteiger partial charge on any atom is 0.343 e. The fraction of sp³-hybridized carbons (Fsp3) is 0.353. The van der Waals surface area contributed by atoms with Gasteiger partial charge in [0.2, 0.25) is 0 Å². The highest BCUT2D eigenvalue weighted by Gasteiger charge is 2.17. The molecule has 0 spiro atoms. The molecule has 1 amide bonds. The molecule has 0 atom stereocenters. The summed E-state index contributed by atoms with van der Waals surface area (Å²) >= 11 is 12.2. The van der Waals surface area contributed by atoms with Crippen LogP contribution in [0.15, 0.2) is 28.5 Å². The Morgan fingerprint density at radius 3 is 2.52 bits per heavy atom. The Morgan fingerprint density at radius 2 is 2.00 bits per heavy atom. The van der Waals surface area contributed by atoms with Gasteiger partial charge in [-0.15, -0.1) is 0 Å². The molecule has 2 N–H and O–H groups in total. The lowest BCUT2D eigenvalue weighted by Crippen LogP contribution is -2.23. The molecule has 1 aromatic carbocycles. The zero-order valence-electron chi connectivity index (χ0n) is 14.4. The molecule has 0 radical (unpaired) electrons. The third-order valence-corrected chi connectivity index (χ3v) is 3.50. The smallest absolute Gasteiger partial charge is 0.343 e. The Labute approximate surface area is 156 Å². The average Bonchev–Trinajstić information content (AvgIpc) is 2.49. The van der Waals surface area contributed by atoms with Gasteiger partial charge in [0.05, 0.1) is 22.4 Å². The number of aliphatic imine (C=N–C) groups is 1. The van der Waals surface area contributed by atoms with Gasteiger partial charge in [0.15, 0.2) is 0 Å². The molecule has 0 heterocycles. The first-order chi connectivity index (χ1) is 11.7. The zero-order chi connectivity index (χ0) is 19.1. The predicted octanol–water partition coefficient (Wildman–Crippen LogP) is 4.23. The standard InChI is InChI=1S/C17H20Cl2N2O4/c1-5-20-16(23)12-6-11(18)7-14(15(12)19)21-8-13(10(4)22)17(24)25-9(2)3/h6-9,22H,5H2,1-4H3,(H,20,23). The van der Waals surface area contributed by atoms with Gasteiger partial charge < -0.3 is 15.2 Å². The molecule has 6 nitrogen and oxygen atoms in total. The van der Waals surface area contributed by atoms with Crippen LogP contribution in [0, 0.1) is 0 Å². The molecule has 0 aliphatic rings. The average molecular weight is 387 g/mol. The number of benzene rings is 1. The second-order valence-corrected chi connectivity index (χ2v) is 6.17. The summed E-state index contributed by atoms with van der Waals surface area (Å²) in [5, 5.41) is 12.6. The zero-order valence-corrected chi connectivity index (χ0v) is 15.9.